The Hall–Kier alpha value is -3.14. The van der Waals surface area contributed by atoms with Gasteiger partial charge >= 0.3 is 0 Å². The summed E-state index contributed by atoms with van der Waals surface area (Å²) in [7, 11) is 0. The van der Waals surface area contributed by atoms with E-state index in [9.17, 15) is 0 Å². The zero-order chi connectivity index (χ0) is 22.9. The van der Waals surface area contributed by atoms with E-state index in [0.717, 1.165) is 38.8 Å². The van der Waals surface area contributed by atoms with E-state index >= 15 is 0 Å². The Morgan fingerprint density at radius 3 is 2.39 bits per heavy atom. The lowest BCUT2D eigenvalue weighted by Crippen LogP contribution is -2.23. The zero-order valence-electron chi connectivity index (χ0n) is 18.5. The molecule has 4 aromatic rings. The second-order valence-electron chi connectivity index (χ2n) is 8.11. The Balaban J connectivity index is 1.84. The second-order valence-corrected chi connectivity index (χ2v) is 8.92. The SMILES string of the molecule is CCOC(=S)C1=C(c2ccc(Cl)cc2)Oc2ccc3ccccc3c2C1c1ccc(C)cc1. The van der Waals surface area contributed by atoms with E-state index in [1.54, 1.807) is 0 Å². The van der Waals surface area contributed by atoms with Crippen molar-refractivity contribution in [2.45, 2.75) is 19.8 Å². The van der Waals surface area contributed by atoms with Crippen molar-refractivity contribution in [2.24, 2.45) is 0 Å². The Labute approximate surface area is 204 Å². The first kappa shape index (κ1) is 21.7. The molecule has 1 heterocycles. The van der Waals surface area contributed by atoms with Gasteiger partial charge < -0.3 is 9.47 Å². The lowest BCUT2D eigenvalue weighted by atomic mass is 9.79. The van der Waals surface area contributed by atoms with Crippen LogP contribution in [0.2, 0.25) is 5.02 Å². The van der Waals surface area contributed by atoms with Crippen LogP contribution in [0.25, 0.3) is 16.5 Å². The van der Waals surface area contributed by atoms with Gasteiger partial charge in [0.05, 0.1) is 12.2 Å². The molecule has 4 heteroatoms. The van der Waals surface area contributed by atoms with Gasteiger partial charge in [-0.15, -0.1) is 0 Å². The molecule has 0 N–H and O–H groups in total. The average molecular weight is 471 g/mol. The minimum absolute atomic E-state index is 0.134. The van der Waals surface area contributed by atoms with Crippen molar-refractivity contribution < 1.29 is 9.47 Å². The number of ether oxygens (including phenoxy) is 2. The van der Waals surface area contributed by atoms with Crippen LogP contribution < -0.4 is 4.74 Å². The van der Waals surface area contributed by atoms with Crippen molar-refractivity contribution in [3.63, 3.8) is 0 Å². The van der Waals surface area contributed by atoms with E-state index in [2.05, 4.69) is 67.6 Å². The maximum absolute atomic E-state index is 6.59. The molecule has 0 fully saturated rings. The fraction of sp³-hybridized carbons (Fsp3) is 0.138. The normalized spacial score (nSPS) is 15.2. The largest absolute Gasteiger partial charge is 0.483 e. The van der Waals surface area contributed by atoms with Gasteiger partial charge in [0.2, 0.25) is 0 Å². The maximum Gasteiger partial charge on any atom is 0.191 e. The molecule has 0 saturated carbocycles. The monoisotopic (exact) mass is 470 g/mol. The Bertz CT molecular complexity index is 1370. The van der Waals surface area contributed by atoms with Crippen LogP contribution in [-0.4, -0.2) is 11.7 Å². The predicted octanol–water partition coefficient (Wildman–Crippen LogP) is 8.10. The summed E-state index contributed by atoms with van der Waals surface area (Å²) in [4.78, 5) is 0. The topological polar surface area (TPSA) is 18.5 Å². The lowest BCUT2D eigenvalue weighted by molar-refractivity contribution is 0.333. The predicted molar refractivity (Wildman–Crippen MR) is 140 cm³/mol. The first-order valence-corrected chi connectivity index (χ1v) is 11.8. The number of benzene rings is 4. The van der Waals surface area contributed by atoms with Crippen LogP contribution in [0.5, 0.6) is 5.75 Å². The van der Waals surface area contributed by atoms with E-state index in [1.807, 2.05) is 31.2 Å². The van der Waals surface area contributed by atoms with E-state index in [0.29, 0.717) is 22.4 Å². The number of thiocarbonyl (C=S) groups is 1. The van der Waals surface area contributed by atoms with Gasteiger partial charge in [-0.05, 0) is 72.7 Å². The third-order valence-corrected chi connectivity index (χ3v) is 6.57. The molecular weight excluding hydrogens is 448 g/mol. The minimum atomic E-state index is -0.134. The summed E-state index contributed by atoms with van der Waals surface area (Å²) < 4.78 is 12.5. The molecule has 0 amide bonds. The van der Waals surface area contributed by atoms with Gasteiger partial charge in [0.15, 0.2) is 5.05 Å². The van der Waals surface area contributed by atoms with Crippen LogP contribution in [0.3, 0.4) is 0 Å². The molecule has 2 nitrogen and oxygen atoms in total. The van der Waals surface area contributed by atoms with Gasteiger partial charge in [0.1, 0.15) is 11.5 Å². The number of hydrogen-bond donors (Lipinski definition) is 0. The second kappa shape index (κ2) is 9.01. The summed E-state index contributed by atoms with van der Waals surface area (Å²) in [5.74, 6) is 1.40. The third kappa shape index (κ3) is 4.03. The molecule has 0 bridgehead atoms. The molecule has 0 aromatic heterocycles. The van der Waals surface area contributed by atoms with Crippen LogP contribution in [-0.2, 0) is 4.74 Å². The quantitative estimate of drug-likeness (QED) is 0.281. The molecule has 164 valence electrons. The van der Waals surface area contributed by atoms with Crippen LogP contribution in [0.4, 0.5) is 0 Å². The van der Waals surface area contributed by atoms with E-state index in [-0.39, 0.29) is 5.92 Å². The van der Waals surface area contributed by atoms with E-state index < -0.39 is 0 Å². The van der Waals surface area contributed by atoms with Crippen molar-refractivity contribution in [1.29, 1.82) is 0 Å². The molecule has 0 radical (unpaired) electrons. The highest BCUT2D eigenvalue weighted by Gasteiger charge is 2.36. The number of halogens is 1. The van der Waals surface area contributed by atoms with Crippen molar-refractivity contribution in [3.05, 3.63) is 118 Å². The molecule has 5 rings (SSSR count). The van der Waals surface area contributed by atoms with E-state index in [4.69, 9.17) is 33.3 Å². The Morgan fingerprint density at radius 1 is 0.939 bits per heavy atom. The maximum atomic E-state index is 6.59. The molecule has 1 atom stereocenters. The van der Waals surface area contributed by atoms with Gasteiger partial charge in [-0.3, -0.25) is 0 Å². The first-order valence-electron chi connectivity index (χ1n) is 11.0. The molecule has 0 aliphatic carbocycles. The fourth-order valence-electron chi connectivity index (χ4n) is 4.43. The highest BCUT2D eigenvalue weighted by Crippen LogP contribution is 2.49. The molecule has 4 aromatic carbocycles. The van der Waals surface area contributed by atoms with Crippen molar-refractivity contribution in [2.75, 3.05) is 6.61 Å². The van der Waals surface area contributed by atoms with E-state index in [1.165, 1.54) is 5.56 Å². The number of hydrogen-bond acceptors (Lipinski definition) is 3. The van der Waals surface area contributed by atoms with Gasteiger partial charge in [0.25, 0.3) is 0 Å². The molecule has 0 spiro atoms. The summed E-state index contributed by atoms with van der Waals surface area (Å²) in [6.45, 7) is 4.53. The molecule has 1 aliphatic heterocycles. The standard InChI is InChI=1S/C29H23ClO2S/c1-3-31-29(33)27-25(20-10-8-18(2)9-11-20)26-23-7-5-4-6-19(23)14-17-24(26)32-28(27)21-12-15-22(30)16-13-21/h4-17,25H,3H2,1-2H3. The summed E-state index contributed by atoms with van der Waals surface area (Å²) in [5.41, 5.74) is 5.23. The Morgan fingerprint density at radius 2 is 1.67 bits per heavy atom. The van der Waals surface area contributed by atoms with Crippen LogP contribution in [0, 0.1) is 6.92 Å². The Kier molecular flexibility index (Phi) is 5.92. The average Bonchev–Trinajstić information content (AvgIpc) is 2.84. The van der Waals surface area contributed by atoms with Gasteiger partial charge in [0, 0.05) is 22.1 Å². The summed E-state index contributed by atoms with van der Waals surface area (Å²) >= 11 is 12.0. The minimum Gasteiger partial charge on any atom is -0.483 e. The summed E-state index contributed by atoms with van der Waals surface area (Å²) in [6, 6.07) is 28.8. The van der Waals surface area contributed by atoms with Gasteiger partial charge in [-0.2, -0.15) is 0 Å². The first-order chi connectivity index (χ1) is 16.1. The lowest BCUT2D eigenvalue weighted by Gasteiger charge is -2.32. The molecule has 1 unspecified atom stereocenters. The fourth-order valence-corrected chi connectivity index (χ4v) is 4.88. The van der Waals surface area contributed by atoms with Crippen LogP contribution in [0.15, 0.2) is 90.5 Å². The summed E-state index contributed by atoms with van der Waals surface area (Å²) in [5, 5.41) is 3.43. The molecule has 1 aliphatic rings. The molecule has 33 heavy (non-hydrogen) atoms. The van der Waals surface area contributed by atoms with Crippen molar-refractivity contribution >= 4 is 45.4 Å². The highest BCUT2D eigenvalue weighted by molar-refractivity contribution is 7.80. The zero-order valence-corrected chi connectivity index (χ0v) is 20.0. The smallest absolute Gasteiger partial charge is 0.191 e. The highest BCUT2D eigenvalue weighted by atomic mass is 35.5. The summed E-state index contributed by atoms with van der Waals surface area (Å²) in [6.07, 6.45) is 0. The van der Waals surface area contributed by atoms with Crippen molar-refractivity contribution in [3.8, 4) is 5.75 Å². The molecule has 0 saturated heterocycles. The van der Waals surface area contributed by atoms with Crippen molar-refractivity contribution in [1.82, 2.24) is 0 Å². The molecular formula is C29H23ClO2S. The van der Waals surface area contributed by atoms with Crippen LogP contribution in [0.1, 0.15) is 35.1 Å². The van der Waals surface area contributed by atoms with Crippen LogP contribution >= 0.6 is 23.8 Å². The number of fused-ring (bicyclic) bond motifs is 3. The number of aryl methyl sites for hydroxylation is 1. The van der Waals surface area contributed by atoms with Gasteiger partial charge in [-0.1, -0.05) is 71.8 Å². The van der Waals surface area contributed by atoms with Gasteiger partial charge in [-0.25, -0.2) is 0 Å². The third-order valence-electron chi connectivity index (χ3n) is 5.98. The number of rotatable bonds is 4.